The van der Waals surface area contributed by atoms with Crippen molar-refractivity contribution in [3.63, 3.8) is 0 Å². The van der Waals surface area contributed by atoms with Gasteiger partial charge in [-0.1, -0.05) is 17.4 Å². The van der Waals surface area contributed by atoms with Gasteiger partial charge < -0.3 is 0 Å². The van der Waals surface area contributed by atoms with Gasteiger partial charge in [-0.3, -0.25) is 9.20 Å². The van der Waals surface area contributed by atoms with Crippen molar-refractivity contribution in [3.8, 4) is 0 Å². The predicted molar refractivity (Wildman–Crippen MR) is 66.3 cm³/mol. The van der Waals surface area contributed by atoms with E-state index in [9.17, 15) is 4.79 Å². The van der Waals surface area contributed by atoms with Crippen molar-refractivity contribution in [1.82, 2.24) is 9.38 Å². The molecule has 3 rings (SSSR count). The van der Waals surface area contributed by atoms with Crippen molar-refractivity contribution in [3.05, 3.63) is 45.9 Å². The van der Waals surface area contributed by atoms with Crippen molar-refractivity contribution in [1.29, 1.82) is 0 Å². The van der Waals surface area contributed by atoms with Gasteiger partial charge in [0.2, 0.25) is 0 Å². The molecule has 0 spiro atoms. The summed E-state index contributed by atoms with van der Waals surface area (Å²) in [6.07, 6.45) is 0. The van der Waals surface area contributed by atoms with E-state index in [-0.39, 0.29) is 5.56 Å². The largest absolute Gasteiger partial charge is 0.269 e. The SMILES string of the molecule is Cc1ccc2c(c1)sc1nc(C)cc(=O)n12. The molecule has 0 fully saturated rings. The van der Waals surface area contributed by atoms with Crippen LogP contribution in [0.4, 0.5) is 0 Å². The fraction of sp³-hybridized carbons (Fsp3) is 0.167. The molecule has 0 N–H and O–H groups in total. The van der Waals surface area contributed by atoms with E-state index in [0.29, 0.717) is 0 Å². The third-order valence-corrected chi connectivity index (χ3v) is 3.58. The third kappa shape index (κ3) is 1.27. The summed E-state index contributed by atoms with van der Waals surface area (Å²) in [6, 6.07) is 7.65. The van der Waals surface area contributed by atoms with E-state index in [0.717, 1.165) is 20.9 Å². The number of hydrogen-bond acceptors (Lipinski definition) is 3. The highest BCUT2D eigenvalue weighted by Gasteiger charge is 2.07. The Morgan fingerprint density at radius 3 is 2.88 bits per heavy atom. The molecule has 4 heteroatoms. The molecule has 0 aliphatic heterocycles. The van der Waals surface area contributed by atoms with E-state index < -0.39 is 0 Å². The molecule has 0 saturated carbocycles. The van der Waals surface area contributed by atoms with E-state index in [2.05, 4.69) is 11.1 Å². The molecule has 0 amide bonds. The van der Waals surface area contributed by atoms with Crippen LogP contribution >= 0.6 is 11.3 Å². The summed E-state index contributed by atoms with van der Waals surface area (Å²) in [5, 5.41) is 0. The van der Waals surface area contributed by atoms with Crippen molar-refractivity contribution < 1.29 is 0 Å². The average molecular weight is 230 g/mol. The van der Waals surface area contributed by atoms with Crippen LogP contribution < -0.4 is 5.56 Å². The Hall–Kier alpha value is -1.68. The normalized spacial score (nSPS) is 11.4. The number of hydrogen-bond donors (Lipinski definition) is 0. The zero-order chi connectivity index (χ0) is 11.3. The van der Waals surface area contributed by atoms with E-state index in [1.165, 1.54) is 5.56 Å². The number of rotatable bonds is 0. The molecule has 3 nitrogen and oxygen atoms in total. The molecule has 0 saturated heterocycles. The molecule has 3 aromatic rings. The molecule has 1 aromatic carbocycles. The van der Waals surface area contributed by atoms with Gasteiger partial charge in [-0.25, -0.2) is 4.98 Å². The first-order valence-electron chi connectivity index (χ1n) is 5.05. The van der Waals surface area contributed by atoms with Gasteiger partial charge in [0.15, 0.2) is 4.96 Å². The molecule has 0 bridgehead atoms. The number of nitrogens with zero attached hydrogens (tertiary/aromatic N) is 2. The topological polar surface area (TPSA) is 34.4 Å². The van der Waals surface area contributed by atoms with Gasteiger partial charge in [0.05, 0.1) is 10.2 Å². The van der Waals surface area contributed by atoms with Crippen LogP contribution in [-0.2, 0) is 0 Å². The first-order valence-corrected chi connectivity index (χ1v) is 5.86. The first-order chi connectivity index (χ1) is 7.65. The highest BCUT2D eigenvalue weighted by atomic mass is 32.1. The zero-order valence-electron chi connectivity index (χ0n) is 9.02. The lowest BCUT2D eigenvalue weighted by molar-refractivity contribution is 1.08. The number of aryl methyl sites for hydroxylation is 2. The molecule has 0 aliphatic rings. The summed E-state index contributed by atoms with van der Waals surface area (Å²) < 4.78 is 2.78. The predicted octanol–water partition coefficient (Wildman–Crippen LogP) is 2.53. The van der Waals surface area contributed by atoms with Gasteiger partial charge in [-0.05, 0) is 31.5 Å². The molecular formula is C12H10N2OS. The summed E-state index contributed by atoms with van der Waals surface area (Å²) in [4.78, 5) is 17.0. The van der Waals surface area contributed by atoms with E-state index >= 15 is 0 Å². The lowest BCUT2D eigenvalue weighted by atomic mass is 10.2. The molecule has 0 unspecified atom stereocenters. The Balaban J connectivity index is 2.61. The Bertz CT molecular complexity index is 755. The first kappa shape index (κ1) is 9.54. The second-order valence-electron chi connectivity index (χ2n) is 3.93. The van der Waals surface area contributed by atoms with Crippen LogP contribution in [0.2, 0.25) is 0 Å². The molecule has 0 aliphatic carbocycles. The number of benzene rings is 1. The van der Waals surface area contributed by atoms with Gasteiger partial charge in [0, 0.05) is 11.8 Å². The molecule has 2 heterocycles. The van der Waals surface area contributed by atoms with E-state index in [1.54, 1.807) is 21.8 Å². The van der Waals surface area contributed by atoms with Crippen LogP contribution in [0.5, 0.6) is 0 Å². The van der Waals surface area contributed by atoms with Crippen LogP contribution in [-0.4, -0.2) is 9.38 Å². The van der Waals surface area contributed by atoms with Crippen LogP contribution in [0.3, 0.4) is 0 Å². The number of aromatic nitrogens is 2. The van der Waals surface area contributed by atoms with E-state index in [1.807, 2.05) is 26.0 Å². The summed E-state index contributed by atoms with van der Waals surface area (Å²) in [5.74, 6) is 0. The smallest absolute Gasteiger partial charge is 0.259 e. The van der Waals surface area contributed by atoms with Gasteiger partial charge in [-0.2, -0.15) is 0 Å². The zero-order valence-corrected chi connectivity index (χ0v) is 9.84. The minimum absolute atomic E-state index is 0.00222. The maximum absolute atomic E-state index is 11.9. The highest BCUT2D eigenvalue weighted by molar-refractivity contribution is 7.23. The molecule has 0 atom stereocenters. The van der Waals surface area contributed by atoms with Crippen LogP contribution in [0.1, 0.15) is 11.3 Å². The minimum atomic E-state index is -0.00222. The Morgan fingerprint density at radius 2 is 2.06 bits per heavy atom. The fourth-order valence-corrected chi connectivity index (χ4v) is 3.02. The summed E-state index contributed by atoms with van der Waals surface area (Å²) in [6.45, 7) is 3.89. The lowest BCUT2D eigenvalue weighted by Crippen LogP contribution is -2.12. The van der Waals surface area contributed by atoms with Crippen molar-refractivity contribution in [2.24, 2.45) is 0 Å². The third-order valence-electron chi connectivity index (χ3n) is 2.57. The molecule has 0 radical (unpaired) electrons. The van der Waals surface area contributed by atoms with Crippen LogP contribution in [0.25, 0.3) is 15.2 Å². The quantitative estimate of drug-likeness (QED) is 0.594. The maximum atomic E-state index is 11.9. The number of thiazole rings is 1. The number of fused-ring (bicyclic) bond motifs is 3. The Morgan fingerprint density at radius 1 is 1.25 bits per heavy atom. The molecule has 80 valence electrons. The molecule has 16 heavy (non-hydrogen) atoms. The van der Waals surface area contributed by atoms with Crippen LogP contribution in [0.15, 0.2) is 29.1 Å². The summed E-state index contributed by atoms with van der Waals surface area (Å²) in [5.41, 5.74) is 2.91. The van der Waals surface area contributed by atoms with Crippen molar-refractivity contribution in [2.45, 2.75) is 13.8 Å². The molecule has 2 aromatic heterocycles. The van der Waals surface area contributed by atoms with Crippen molar-refractivity contribution in [2.75, 3.05) is 0 Å². The second kappa shape index (κ2) is 3.15. The monoisotopic (exact) mass is 230 g/mol. The lowest BCUT2D eigenvalue weighted by Gasteiger charge is -1.95. The molecular weight excluding hydrogens is 220 g/mol. The fourth-order valence-electron chi connectivity index (χ4n) is 1.85. The average Bonchev–Trinajstić information content (AvgIpc) is 2.54. The van der Waals surface area contributed by atoms with Crippen LogP contribution in [0, 0.1) is 13.8 Å². The van der Waals surface area contributed by atoms with Gasteiger partial charge >= 0.3 is 0 Å². The van der Waals surface area contributed by atoms with Gasteiger partial charge in [-0.15, -0.1) is 0 Å². The second-order valence-corrected chi connectivity index (χ2v) is 4.94. The minimum Gasteiger partial charge on any atom is -0.269 e. The maximum Gasteiger partial charge on any atom is 0.259 e. The highest BCUT2D eigenvalue weighted by Crippen LogP contribution is 2.24. The van der Waals surface area contributed by atoms with Gasteiger partial charge in [0.25, 0.3) is 5.56 Å². The summed E-state index contributed by atoms with van der Waals surface area (Å²) >= 11 is 1.56. The van der Waals surface area contributed by atoms with Crippen molar-refractivity contribution >= 4 is 26.5 Å². The Labute approximate surface area is 96.0 Å². The Kier molecular flexibility index (Phi) is 1.88. The van der Waals surface area contributed by atoms with Gasteiger partial charge in [0.1, 0.15) is 0 Å². The van der Waals surface area contributed by atoms with E-state index in [4.69, 9.17) is 0 Å². The standard InChI is InChI=1S/C12H10N2OS/c1-7-3-4-9-10(5-7)16-12-13-8(2)6-11(15)14(9)12/h3-6H,1-2H3. The summed E-state index contributed by atoms with van der Waals surface area (Å²) in [7, 11) is 0.